The summed E-state index contributed by atoms with van der Waals surface area (Å²) >= 11 is 0. The van der Waals surface area contributed by atoms with Crippen LogP contribution in [0.5, 0.6) is 5.75 Å². The number of rotatable bonds is 1. The lowest BCUT2D eigenvalue weighted by atomic mass is 9.90. The van der Waals surface area contributed by atoms with Crippen molar-refractivity contribution in [2.45, 2.75) is 0 Å². The van der Waals surface area contributed by atoms with E-state index < -0.39 is 0 Å². The molecule has 0 fully saturated rings. The molecule has 0 bridgehead atoms. The maximum Gasteiger partial charge on any atom is 0.119 e. The molecule has 0 aliphatic carbocycles. The minimum atomic E-state index is 0.669. The first-order valence-electron chi connectivity index (χ1n) is 3.99. The molecule has 0 amide bonds. The highest BCUT2D eigenvalue weighted by Crippen LogP contribution is 2.15. The molecule has 1 aromatic carbocycles. The number of hydrogen-bond donors (Lipinski definition) is 0. The quantitative estimate of drug-likeness (QED) is 0.595. The van der Waals surface area contributed by atoms with Gasteiger partial charge in [-0.15, -0.1) is 0 Å². The lowest BCUT2D eigenvalue weighted by Gasteiger charge is -2.07. The summed E-state index contributed by atoms with van der Waals surface area (Å²) in [5.74, 6) is 0.707. The number of ether oxygens (including phenoxy) is 1. The van der Waals surface area contributed by atoms with E-state index in [2.05, 4.69) is 4.98 Å². The van der Waals surface area contributed by atoms with Crippen LogP contribution in [0.1, 0.15) is 0 Å². The molecular weight excluding hydrogens is 161 g/mol. The molecule has 0 spiro atoms. The third-order valence-electron chi connectivity index (χ3n) is 2.04. The van der Waals surface area contributed by atoms with E-state index in [1.165, 1.54) is 0 Å². The van der Waals surface area contributed by atoms with E-state index in [9.17, 15) is 0 Å². The Morgan fingerprint density at radius 2 is 2.15 bits per heavy atom. The monoisotopic (exact) mass is 169 g/mol. The minimum absolute atomic E-state index is 0.669. The van der Waals surface area contributed by atoms with Gasteiger partial charge in [-0.05, 0) is 34.4 Å². The number of nitrogens with zero attached hydrogens (tertiary/aromatic N) is 1. The van der Waals surface area contributed by atoms with E-state index in [0.717, 1.165) is 10.8 Å². The first-order chi connectivity index (χ1) is 6.33. The molecule has 0 aliphatic rings. The van der Waals surface area contributed by atoms with Crippen molar-refractivity contribution >= 4 is 24.1 Å². The second-order valence-corrected chi connectivity index (χ2v) is 2.78. The van der Waals surface area contributed by atoms with Gasteiger partial charge < -0.3 is 4.74 Å². The highest BCUT2D eigenvalue weighted by molar-refractivity contribution is 6.40. The number of fused-ring (bicyclic) bond motifs is 1. The van der Waals surface area contributed by atoms with Gasteiger partial charge in [0.2, 0.25) is 0 Å². The van der Waals surface area contributed by atoms with Crippen LogP contribution in [-0.4, -0.2) is 19.9 Å². The topological polar surface area (TPSA) is 22.1 Å². The average molecular weight is 169 g/mol. The fourth-order valence-electron chi connectivity index (χ4n) is 1.35. The van der Waals surface area contributed by atoms with Crippen LogP contribution in [0.25, 0.3) is 10.8 Å². The molecule has 0 unspecified atom stereocenters. The van der Waals surface area contributed by atoms with Crippen molar-refractivity contribution < 1.29 is 4.74 Å². The number of methoxy groups -OCH3 is 1. The fourth-order valence-corrected chi connectivity index (χ4v) is 1.35. The summed E-state index contributed by atoms with van der Waals surface area (Å²) < 4.78 is 5.11. The van der Waals surface area contributed by atoms with Crippen molar-refractivity contribution in [3.63, 3.8) is 0 Å². The van der Waals surface area contributed by atoms with Crippen LogP contribution >= 0.6 is 0 Å². The minimum Gasteiger partial charge on any atom is -0.497 e. The summed E-state index contributed by atoms with van der Waals surface area (Å²) in [6, 6.07) is 5.67. The molecule has 0 N–H and O–H groups in total. The first-order valence-corrected chi connectivity index (χ1v) is 3.99. The lowest BCUT2D eigenvalue weighted by molar-refractivity contribution is 0.418. The summed E-state index contributed by atoms with van der Waals surface area (Å²) in [4.78, 5) is 4.01. The van der Waals surface area contributed by atoms with E-state index in [1.54, 1.807) is 19.5 Å². The number of hydrogen-bond acceptors (Lipinski definition) is 2. The van der Waals surface area contributed by atoms with Crippen LogP contribution in [0.2, 0.25) is 0 Å². The third-order valence-corrected chi connectivity index (χ3v) is 2.04. The normalized spacial score (nSPS) is 10.2. The molecule has 0 saturated heterocycles. The molecule has 1 heterocycles. The fraction of sp³-hybridized carbons (Fsp3) is 0.100. The van der Waals surface area contributed by atoms with Crippen LogP contribution in [0.15, 0.2) is 30.6 Å². The van der Waals surface area contributed by atoms with Crippen molar-refractivity contribution in [2.24, 2.45) is 0 Å². The molecule has 62 valence electrons. The van der Waals surface area contributed by atoms with E-state index in [4.69, 9.17) is 12.6 Å². The molecule has 2 aromatic rings. The Kier molecular flexibility index (Phi) is 1.93. The van der Waals surface area contributed by atoms with Crippen molar-refractivity contribution in [1.82, 2.24) is 4.98 Å². The van der Waals surface area contributed by atoms with Crippen LogP contribution in [0.4, 0.5) is 0 Å². The van der Waals surface area contributed by atoms with Gasteiger partial charge in [-0.1, -0.05) is 0 Å². The van der Waals surface area contributed by atoms with Gasteiger partial charge in [0.15, 0.2) is 0 Å². The molecule has 0 aliphatic heterocycles. The standard InChI is InChI=1S/C10H8BNO/c1-13-9-3-2-7-6-12-5-4-8(7)10(9)11/h2-6H,1H3. The van der Waals surface area contributed by atoms with Crippen LogP contribution < -0.4 is 10.2 Å². The first kappa shape index (κ1) is 8.11. The van der Waals surface area contributed by atoms with Gasteiger partial charge in [0.1, 0.15) is 13.6 Å². The largest absolute Gasteiger partial charge is 0.497 e. The molecule has 2 radical (unpaired) electrons. The van der Waals surface area contributed by atoms with E-state index in [-0.39, 0.29) is 0 Å². The zero-order valence-corrected chi connectivity index (χ0v) is 7.32. The van der Waals surface area contributed by atoms with Crippen LogP contribution in [0.3, 0.4) is 0 Å². The molecule has 2 nitrogen and oxygen atoms in total. The van der Waals surface area contributed by atoms with Gasteiger partial charge in [0.25, 0.3) is 0 Å². The average Bonchev–Trinajstić information content (AvgIpc) is 2.19. The summed E-state index contributed by atoms with van der Waals surface area (Å²) in [6.07, 6.45) is 3.50. The third kappa shape index (κ3) is 1.26. The highest BCUT2D eigenvalue weighted by Gasteiger charge is 2.01. The maximum absolute atomic E-state index is 5.88. The van der Waals surface area contributed by atoms with Gasteiger partial charge in [-0.2, -0.15) is 0 Å². The van der Waals surface area contributed by atoms with E-state index in [1.807, 2.05) is 18.2 Å². The zero-order valence-electron chi connectivity index (χ0n) is 7.32. The smallest absolute Gasteiger partial charge is 0.119 e. The molecule has 1 aromatic heterocycles. The second kappa shape index (κ2) is 3.09. The van der Waals surface area contributed by atoms with Gasteiger partial charge in [0, 0.05) is 12.4 Å². The Bertz CT molecular complexity index is 442. The summed E-state index contributed by atoms with van der Waals surface area (Å²) in [5.41, 5.74) is 0.669. The predicted octanol–water partition coefficient (Wildman–Crippen LogP) is 1.04. The molecular formula is C10H8BNO. The Morgan fingerprint density at radius 3 is 2.92 bits per heavy atom. The Balaban J connectivity index is 2.79. The van der Waals surface area contributed by atoms with Crippen LogP contribution in [-0.2, 0) is 0 Å². The van der Waals surface area contributed by atoms with Gasteiger partial charge in [-0.25, -0.2) is 0 Å². The second-order valence-electron chi connectivity index (χ2n) is 2.78. The van der Waals surface area contributed by atoms with Crippen molar-refractivity contribution in [3.8, 4) is 5.75 Å². The highest BCUT2D eigenvalue weighted by atomic mass is 16.5. The zero-order chi connectivity index (χ0) is 9.26. The van der Waals surface area contributed by atoms with Crippen molar-refractivity contribution in [3.05, 3.63) is 30.6 Å². The Morgan fingerprint density at radius 1 is 1.31 bits per heavy atom. The molecule has 13 heavy (non-hydrogen) atoms. The van der Waals surface area contributed by atoms with E-state index in [0.29, 0.717) is 11.2 Å². The van der Waals surface area contributed by atoms with E-state index >= 15 is 0 Å². The molecule has 0 atom stereocenters. The lowest BCUT2D eigenvalue weighted by Crippen LogP contribution is -2.08. The number of aromatic nitrogens is 1. The number of pyridine rings is 1. The molecule has 3 heteroatoms. The maximum atomic E-state index is 5.88. The van der Waals surface area contributed by atoms with Gasteiger partial charge >= 0.3 is 0 Å². The molecule has 0 saturated carbocycles. The summed E-state index contributed by atoms with van der Waals surface area (Å²) in [7, 11) is 7.49. The predicted molar refractivity (Wildman–Crippen MR) is 53.7 cm³/mol. The Hall–Kier alpha value is -1.51. The molecule has 2 rings (SSSR count). The van der Waals surface area contributed by atoms with Crippen molar-refractivity contribution in [1.29, 1.82) is 0 Å². The number of benzene rings is 1. The van der Waals surface area contributed by atoms with Gasteiger partial charge in [-0.3, -0.25) is 4.98 Å². The van der Waals surface area contributed by atoms with Crippen LogP contribution in [0, 0.1) is 0 Å². The summed E-state index contributed by atoms with van der Waals surface area (Å²) in [5, 5.41) is 2.01. The van der Waals surface area contributed by atoms with Crippen molar-refractivity contribution in [2.75, 3.05) is 7.11 Å². The van der Waals surface area contributed by atoms with Gasteiger partial charge in [0.05, 0.1) is 7.11 Å². The Labute approximate surface area is 78.0 Å². The summed E-state index contributed by atoms with van der Waals surface area (Å²) in [6.45, 7) is 0. The SMILES string of the molecule is [B]c1c(OC)ccc2cnccc12.